The van der Waals surface area contributed by atoms with Crippen LogP contribution in [0, 0.1) is 12.7 Å². The zero-order valence-electron chi connectivity index (χ0n) is 17.7. The van der Waals surface area contributed by atoms with Gasteiger partial charge in [0.2, 0.25) is 0 Å². The minimum atomic E-state index is -0.275. The zero-order valence-corrected chi connectivity index (χ0v) is 17.7. The lowest BCUT2D eigenvalue weighted by Gasteiger charge is -2.11. The minimum Gasteiger partial charge on any atom is -0.352 e. The lowest BCUT2D eigenvalue weighted by Crippen LogP contribution is -2.25. The van der Waals surface area contributed by atoms with E-state index in [1.807, 2.05) is 31.3 Å². The first kappa shape index (κ1) is 20.7. The van der Waals surface area contributed by atoms with Gasteiger partial charge in [-0.3, -0.25) is 9.89 Å². The van der Waals surface area contributed by atoms with Crippen LogP contribution in [0.25, 0.3) is 22.2 Å². The van der Waals surface area contributed by atoms with Crippen LogP contribution in [0.15, 0.2) is 54.7 Å². The van der Waals surface area contributed by atoms with Crippen LogP contribution < -0.4 is 5.32 Å². The van der Waals surface area contributed by atoms with Crippen molar-refractivity contribution >= 4 is 16.8 Å². The molecule has 0 radical (unpaired) electrons. The Bertz CT molecular complexity index is 1210. The Morgan fingerprint density at radius 3 is 2.58 bits per heavy atom. The lowest BCUT2D eigenvalue weighted by atomic mass is 9.99. The van der Waals surface area contributed by atoms with Crippen LogP contribution >= 0.6 is 0 Å². The van der Waals surface area contributed by atoms with Crippen LogP contribution in [0.2, 0.25) is 0 Å². The summed E-state index contributed by atoms with van der Waals surface area (Å²) < 4.78 is 13.3. The number of benzene rings is 2. The van der Waals surface area contributed by atoms with Gasteiger partial charge in [-0.15, -0.1) is 0 Å². The quantitative estimate of drug-likeness (QED) is 0.445. The predicted molar refractivity (Wildman–Crippen MR) is 120 cm³/mol. The molecule has 2 aromatic carbocycles. The summed E-state index contributed by atoms with van der Waals surface area (Å²) in [5.41, 5.74) is 6.19. The largest absolute Gasteiger partial charge is 0.352 e. The topological polar surface area (TPSA) is 70.7 Å². The molecule has 0 bridgehead atoms. The lowest BCUT2D eigenvalue weighted by molar-refractivity contribution is 0.0954. The van der Waals surface area contributed by atoms with Gasteiger partial charge in [0.25, 0.3) is 5.91 Å². The molecule has 6 heteroatoms. The van der Waals surface area contributed by atoms with E-state index in [9.17, 15) is 9.18 Å². The molecule has 5 nitrogen and oxygen atoms in total. The van der Waals surface area contributed by atoms with Gasteiger partial charge in [0.15, 0.2) is 0 Å². The van der Waals surface area contributed by atoms with Crippen LogP contribution in [-0.4, -0.2) is 27.6 Å². The summed E-state index contributed by atoms with van der Waals surface area (Å²) in [4.78, 5) is 17.5. The highest BCUT2D eigenvalue weighted by Crippen LogP contribution is 2.27. The van der Waals surface area contributed by atoms with Crippen molar-refractivity contribution in [3.8, 4) is 11.3 Å². The van der Waals surface area contributed by atoms with Crippen LogP contribution in [-0.2, 0) is 12.8 Å². The van der Waals surface area contributed by atoms with Crippen molar-refractivity contribution in [3.05, 3.63) is 82.9 Å². The number of aromatic nitrogens is 3. The third-order valence-corrected chi connectivity index (χ3v) is 5.43. The van der Waals surface area contributed by atoms with Gasteiger partial charge >= 0.3 is 0 Å². The maximum atomic E-state index is 13.3. The minimum absolute atomic E-state index is 0.130. The van der Waals surface area contributed by atoms with E-state index in [0.29, 0.717) is 12.1 Å². The van der Waals surface area contributed by atoms with Gasteiger partial charge in [0.1, 0.15) is 5.82 Å². The third kappa shape index (κ3) is 4.63. The molecular weight excluding hydrogens is 391 g/mol. The number of pyridine rings is 1. The van der Waals surface area contributed by atoms with Crippen molar-refractivity contribution in [1.82, 2.24) is 20.5 Å². The van der Waals surface area contributed by atoms with Gasteiger partial charge in [-0.1, -0.05) is 19.4 Å². The molecular formula is C25H25FN4O. The van der Waals surface area contributed by atoms with E-state index < -0.39 is 0 Å². The van der Waals surface area contributed by atoms with E-state index in [0.717, 1.165) is 52.7 Å². The Morgan fingerprint density at radius 1 is 1.06 bits per heavy atom. The molecule has 2 heterocycles. The van der Waals surface area contributed by atoms with E-state index in [2.05, 4.69) is 28.5 Å². The van der Waals surface area contributed by atoms with Gasteiger partial charge in [-0.05, 0) is 73.4 Å². The normalized spacial score (nSPS) is 11.1. The van der Waals surface area contributed by atoms with Gasteiger partial charge in [-0.2, -0.15) is 5.10 Å². The number of aromatic amines is 1. The maximum Gasteiger partial charge on any atom is 0.251 e. The van der Waals surface area contributed by atoms with Crippen molar-refractivity contribution in [3.63, 3.8) is 0 Å². The highest BCUT2D eigenvalue weighted by molar-refractivity contribution is 5.98. The monoisotopic (exact) mass is 416 g/mol. The summed E-state index contributed by atoms with van der Waals surface area (Å²) in [6.07, 6.45) is 4.48. The second-order valence-corrected chi connectivity index (χ2v) is 7.66. The number of amides is 1. The first-order valence-corrected chi connectivity index (χ1v) is 10.5. The molecule has 4 rings (SSSR count). The fraction of sp³-hybridized carbons (Fsp3) is 0.240. The molecule has 0 spiro atoms. The van der Waals surface area contributed by atoms with Gasteiger partial charge in [0, 0.05) is 29.3 Å². The molecule has 2 aromatic heterocycles. The summed E-state index contributed by atoms with van der Waals surface area (Å²) in [5, 5.41) is 10.9. The number of carbonyl (C=O) groups excluding carboxylic acids is 1. The molecule has 0 aliphatic rings. The molecule has 31 heavy (non-hydrogen) atoms. The molecule has 4 aromatic rings. The summed E-state index contributed by atoms with van der Waals surface area (Å²) >= 11 is 0. The van der Waals surface area contributed by atoms with Gasteiger partial charge in [0.05, 0.1) is 16.9 Å². The molecule has 0 aliphatic heterocycles. The van der Waals surface area contributed by atoms with E-state index in [1.54, 1.807) is 12.1 Å². The number of halogens is 1. The van der Waals surface area contributed by atoms with E-state index in [-0.39, 0.29) is 11.7 Å². The van der Waals surface area contributed by atoms with Gasteiger partial charge in [-0.25, -0.2) is 9.37 Å². The number of nitrogens with one attached hydrogen (secondary N) is 2. The smallest absolute Gasteiger partial charge is 0.251 e. The van der Waals surface area contributed by atoms with Gasteiger partial charge < -0.3 is 5.32 Å². The standard InChI is InChI=1S/C25H25FN4O/c1-3-4-18-13-23(17-5-8-21(26)9-6-17)29-24-14-19(7-10-22(18)24)25(31)27-12-11-20-15-28-30-16(20)2/h5-10,13-15H,3-4,11-12H2,1-2H3,(H,27,31)(H,28,30). The molecule has 0 atom stereocenters. The fourth-order valence-electron chi connectivity index (χ4n) is 3.74. The average molecular weight is 417 g/mol. The first-order valence-electron chi connectivity index (χ1n) is 10.5. The number of fused-ring (bicyclic) bond motifs is 1. The van der Waals surface area contributed by atoms with Crippen molar-refractivity contribution < 1.29 is 9.18 Å². The van der Waals surface area contributed by atoms with Crippen molar-refractivity contribution in [1.29, 1.82) is 0 Å². The molecule has 0 saturated heterocycles. The Kier molecular flexibility index (Phi) is 6.07. The summed E-state index contributed by atoms with van der Waals surface area (Å²) in [6, 6.07) is 14.0. The first-order chi connectivity index (χ1) is 15.0. The average Bonchev–Trinajstić information content (AvgIpc) is 3.18. The molecule has 0 aliphatic carbocycles. The van der Waals surface area contributed by atoms with E-state index in [4.69, 9.17) is 4.98 Å². The Balaban J connectivity index is 1.61. The molecule has 1 amide bonds. The van der Waals surface area contributed by atoms with E-state index >= 15 is 0 Å². The number of H-pyrrole nitrogens is 1. The number of rotatable bonds is 7. The number of aryl methyl sites for hydroxylation is 2. The highest BCUT2D eigenvalue weighted by Gasteiger charge is 2.12. The number of carbonyl (C=O) groups is 1. The Labute approximate surface area is 180 Å². The second kappa shape index (κ2) is 9.08. The molecule has 158 valence electrons. The summed E-state index contributed by atoms with van der Waals surface area (Å²) in [6.45, 7) is 4.60. The zero-order chi connectivity index (χ0) is 21.8. The van der Waals surface area contributed by atoms with Crippen LogP contribution in [0.4, 0.5) is 4.39 Å². The van der Waals surface area contributed by atoms with Crippen LogP contribution in [0.3, 0.4) is 0 Å². The van der Waals surface area contributed by atoms with Crippen LogP contribution in [0.5, 0.6) is 0 Å². The Hall–Kier alpha value is -3.54. The Morgan fingerprint density at radius 2 is 1.87 bits per heavy atom. The number of nitrogens with zero attached hydrogens (tertiary/aromatic N) is 2. The third-order valence-electron chi connectivity index (χ3n) is 5.43. The number of hydrogen-bond acceptors (Lipinski definition) is 3. The maximum absolute atomic E-state index is 13.3. The van der Waals surface area contributed by atoms with Crippen molar-refractivity contribution in [2.75, 3.05) is 6.54 Å². The molecule has 2 N–H and O–H groups in total. The van der Waals surface area contributed by atoms with Crippen LogP contribution in [0.1, 0.15) is 40.5 Å². The molecule has 0 unspecified atom stereocenters. The summed E-state index contributed by atoms with van der Waals surface area (Å²) in [5.74, 6) is -0.406. The van der Waals surface area contributed by atoms with E-state index in [1.165, 1.54) is 17.7 Å². The second-order valence-electron chi connectivity index (χ2n) is 7.66. The number of hydrogen-bond donors (Lipinski definition) is 2. The predicted octanol–water partition coefficient (Wildman–Crippen LogP) is 5.00. The molecule has 0 saturated carbocycles. The van der Waals surface area contributed by atoms with Crippen molar-refractivity contribution in [2.24, 2.45) is 0 Å². The fourth-order valence-corrected chi connectivity index (χ4v) is 3.74. The van der Waals surface area contributed by atoms with Crippen molar-refractivity contribution in [2.45, 2.75) is 33.1 Å². The highest BCUT2D eigenvalue weighted by atomic mass is 19.1. The summed E-state index contributed by atoms with van der Waals surface area (Å²) in [7, 11) is 0. The molecule has 0 fully saturated rings. The SMILES string of the molecule is CCCc1cc(-c2ccc(F)cc2)nc2cc(C(=O)NCCc3c[nH]nc3C)ccc12.